The number of nitrogens with zero attached hydrogens (tertiary/aromatic N) is 3. The number of hydrogen-bond acceptors (Lipinski definition) is 6. The van der Waals surface area contributed by atoms with Gasteiger partial charge in [0.2, 0.25) is 11.7 Å². The van der Waals surface area contributed by atoms with Gasteiger partial charge in [0.05, 0.1) is 6.04 Å². The Balaban J connectivity index is 2.15. The minimum absolute atomic E-state index is 0.205. The Bertz CT molecular complexity index is 514. The summed E-state index contributed by atoms with van der Waals surface area (Å²) in [6.45, 7) is 2.00. The summed E-state index contributed by atoms with van der Waals surface area (Å²) in [4.78, 5) is 8.51. The maximum Gasteiger partial charge on any atom is 0.243 e. The summed E-state index contributed by atoms with van der Waals surface area (Å²) in [7, 11) is 0. The van der Waals surface area contributed by atoms with Crippen LogP contribution in [0.5, 0.6) is 0 Å². The van der Waals surface area contributed by atoms with E-state index in [1.807, 2.05) is 25.3 Å². The van der Waals surface area contributed by atoms with Gasteiger partial charge in [-0.1, -0.05) is 5.16 Å². The van der Waals surface area contributed by atoms with Gasteiger partial charge < -0.3 is 10.3 Å². The molecule has 0 saturated heterocycles. The molecule has 2 heterocycles. The van der Waals surface area contributed by atoms with Crippen molar-refractivity contribution in [3.05, 3.63) is 29.8 Å². The maximum absolute atomic E-state index is 5.97. The maximum atomic E-state index is 5.97. The Morgan fingerprint density at radius 2 is 2.33 bits per heavy atom. The molecule has 5 nitrogen and oxygen atoms in total. The van der Waals surface area contributed by atoms with Gasteiger partial charge in [-0.3, -0.25) is 4.98 Å². The fraction of sp³-hybridized carbons (Fsp3) is 0.417. The van der Waals surface area contributed by atoms with Gasteiger partial charge in [-0.2, -0.15) is 16.7 Å². The van der Waals surface area contributed by atoms with E-state index in [1.54, 1.807) is 18.0 Å². The average Bonchev–Trinajstić information content (AvgIpc) is 2.85. The van der Waals surface area contributed by atoms with Gasteiger partial charge >= 0.3 is 0 Å². The van der Waals surface area contributed by atoms with Crippen LogP contribution in [0.15, 0.2) is 22.9 Å². The highest BCUT2D eigenvalue weighted by Crippen LogP contribution is 2.19. The molecule has 0 amide bonds. The third-order valence-electron chi connectivity index (χ3n) is 2.54. The number of nitrogens with two attached hydrogens (primary N) is 1. The number of rotatable bonds is 5. The molecule has 2 aromatic heterocycles. The predicted molar refractivity (Wildman–Crippen MR) is 72.2 cm³/mol. The lowest BCUT2D eigenvalue weighted by atomic mass is 10.2. The summed E-state index contributed by atoms with van der Waals surface area (Å²) < 4.78 is 5.18. The summed E-state index contributed by atoms with van der Waals surface area (Å²) in [5.41, 5.74) is 7.79. The van der Waals surface area contributed by atoms with Crippen LogP contribution < -0.4 is 5.73 Å². The van der Waals surface area contributed by atoms with Gasteiger partial charge in [-0.15, -0.1) is 0 Å². The van der Waals surface area contributed by atoms with Crippen LogP contribution in [0.2, 0.25) is 0 Å². The fourth-order valence-electron chi connectivity index (χ4n) is 1.52. The van der Waals surface area contributed by atoms with Crippen LogP contribution in [0.4, 0.5) is 0 Å². The van der Waals surface area contributed by atoms with E-state index in [2.05, 4.69) is 15.1 Å². The number of pyridine rings is 1. The Morgan fingerprint density at radius 3 is 3.06 bits per heavy atom. The van der Waals surface area contributed by atoms with Gasteiger partial charge in [-0.25, -0.2) is 0 Å². The van der Waals surface area contributed by atoms with Crippen LogP contribution in [0, 0.1) is 6.92 Å². The van der Waals surface area contributed by atoms with Gasteiger partial charge in [0, 0.05) is 6.20 Å². The first-order valence-electron chi connectivity index (χ1n) is 5.72. The molecular formula is C12H16N4OS. The normalized spacial score (nSPS) is 12.6. The van der Waals surface area contributed by atoms with Crippen LogP contribution in [-0.2, 0) is 0 Å². The second-order valence-electron chi connectivity index (χ2n) is 4.06. The summed E-state index contributed by atoms with van der Waals surface area (Å²) in [5, 5.41) is 3.92. The first kappa shape index (κ1) is 13.0. The fourth-order valence-corrected chi connectivity index (χ4v) is 2.01. The van der Waals surface area contributed by atoms with Crippen LogP contribution in [0.3, 0.4) is 0 Å². The second kappa shape index (κ2) is 5.97. The molecule has 0 aliphatic heterocycles. The highest BCUT2D eigenvalue weighted by Gasteiger charge is 2.15. The Labute approximate surface area is 110 Å². The predicted octanol–water partition coefficient (Wildman–Crippen LogP) is 2.19. The quantitative estimate of drug-likeness (QED) is 0.892. The van der Waals surface area contributed by atoms with Crippen molar-refractivity contribution in [2.75, 3.05) is 12.0 Å². The lowest BCUT2D eigenvalue weighted by Gasteiger charge is -2.03. The van der Waals surface area contributed by atoms with E-state index in [4.69, 9.17) is 10.3 Å². The van der Waals surface area contributed by atoms with Crippen molar-refractivity contribution in [1.29, 1.82) is 0 Å². The lowest BCUT2D eigenvalue weighted by molar-refractivity contribution is 0.353. The molecule has 0 spiro atoms. The zero-order chi connectivity index (χ0) is 13.0. The van der Waals surface area contributed by atoms with Crippen molar-refractivity contribution in [1.82, 2.24) is 15.1 Å². The third kappa shape index (κ3) is 3.08. The molecule has 2 aromatic rings. The van der Waals surface area contributed by atoms with Crippen LogP contribution in [-0.4, -0.2) is 27.1 Å². The molecular weight excluding hydrogens is 248 g/mol. The first-order chi connectivity index (χ1) is 8.70. The summed E-state index contributed by atoms with van der Waals surface area (Å²) in [6.07, 6.45) is 4.60. The highest BCUT2D eigenvalue weighted by atomic mass is 32.2. The van der Waals surface area contributed by atoms with Crippen LogP contribution >= 0.6 is 11.8 Å². The molecule has 0 fully saturated rings. The largest absolute Gasteiger partial charge is 0.337 e. The molecule has 0 bridgehead atoms. The Kier molecular flexibility index (Phi) is 4.33. The third-order valence-corrected chi connectivity index (χ3v) is 3.18. The molecule has 0 aliphatic rings. The van der Waals surface area contributed by atoms with Gasteiger partial charge in [0.25, 0.3) is 0 Å². The molecule has 0 aromatic carbocycles. The topological polar surface area (TPSA) is 77.8 Å². The van der Waals surface area contributed by atoms with Crippen molar-refractivity contribution in [3.63, 3.8) is 0 Å². The number of thioether (sulfide) groups is 1. The SMILES string of the molecule is CSCC[C@@H](N)c1nc(-c2cc(C)ccn2)no1. The van der Waals surface area contributed by atoms with Crippen molar-refractivity contribution < 1.29 is 4.52 Å². The molecule has 2 N–H and O–H groups in total. The monoisotopic (exact) mass is 264 g/mol. The lowest BCUT2D eigenvalue weighted by Crippen LogP contribution is -2.11. The van der Waals surface area contributed by atoms with Crippen LogP contribution in [0.25, 0.3) is 11.5 Å². The van der Waals surface area contributed by atoms with E-state index in [0.717, 1.165) is 17.7 Å². The van der Waals surface area contributed by atoms with E-state index in [1.165, 1.54) is 0 Å². The first-order valence-corrected chi connectivity index (χ1v) is 7.11. The van der Waals surface area contributed by atoms with E-state index < -0.39 is 0 Å². The van der Waals surface area contributed by atoms with Crippen LogP contribution in [0.1, 0.15) is 23.9 Å². The van der Waals surface area contributed by atoms with E-state index in [9.17, 15) is 0 Å². The number of aromatic nitrogens is 3. The standard InChI is InChI=1S/C12H16N4OS/c1-8-3-5-14-10(7-8)11-15-12(17-16-11)9(13)4-6-18-2/h3,5,7,9H,4,6,13H2,1-2H3/t9-/m1/s1. The van der Waals surface area contributed by atoms with Gasteiger partial charge in [-0.05, 0) is 43.0 Å². The van der Waals surface area contributed by atoms with Crippen molar-refractivity contribution in [3.8, 4) is 11.5 Å². The second-order valence-corrected chi connectivity index (χ2v) is 5.05. The van der Waals surface area contributed by atoms with Crippen molar-refractivity contribution in [2.24, 2.45) is 5.73 Å². The van der Waals surface area contributed by atoms with E-state index in [-0.39, 0.29) is 6.04 Å². The summed E-state index contributed by atoms with van der Waals surface area (Å²) >= 11 is 1.75. The molecule has 0 unspecified atom stereocenters. The van der Waals surface area contributed by atoms with Crippen molar-refractivity contribution >= 4 is 11.8 Å². The summed E-state index contributed by atoms with van der Waals surface area (Å²) in [5.74, 6) is 1.94. The smallest absolute Gasteiger partial charge is 0.243 e. The van der Waals surface area contributed by atoms with E-state index in [0.29, 0.717) is 17.4 Å². The molecule has 1 atom stereocenters. The zero-order valence-electron chi connectivity index (χ0n) is 10.5. The summed E-state index contributed by atoms with van der Waals surface area (Å²) in [6, 6.07) is 3.64. The molecule has 0 aliphatic carbocycles. The minimum atomic E-state index is -0.205. The molecule has 96 valence electrons. The van der Waals surface area contributed by atoms with Crippen molar-refractivity contribution in [2.45, 2.75) is 19.4 Å². The molecule has 18 heavy (non-hydrogen) atoms. The van der Waals surface area contributed by atoms with Gasteiger partial charge in [0.1, 0.15) is 5.69 Å². The zero-order valence-corrected chi connectivity index (χ0v) is 11.3. The molecule has 0 saturated carbocycles. The molecule has 6 heteroatoms. The Hall–Kier alpha value is -1.40. The van der Waals surface area contributed by atoms with Gasteiger partial charge in [0.15, 0.2) is 0 Å². The average molecular weight is 264 g/mol. The molecule has 0 radical (unpaired) electrons. The highest BCUT2D eigenvalue weighted by molar-refractivity contribution is 7.98. The Morgan fingerprint density at radius 1 is 1.50 bits per heavy atom. The minimum Gasteiger partial charge on any atom is -0.337 e. The van der Waals surface area contributed by atoms with E-state index >= 15 is 0 Å². The number of hydrogen-bond donors (Lipinski definition) is 1. The number of aryl methyl sites for hydroxylation is 1. The molecule has 2 rings (SSSR count).